The third kappa shape index (κ3) is 5.50. The zero-order chi connectivity index (χ0) is 27.6. The van der Waals surface area contributed by atoms with E-state index < -0.39 is 21.9 Å². The summed E-state index contributed by atoms with van der Waals surface area (Å²) in [5.41, 5.74) is 0.936. The number of nitrogens with one attached hydrogen (secondary N) is 1. The highest BCUT2D eigenvalue weighted by atomic mass is 32.2. The first-order valence-corrected chi connectivity index (χ1v) is 15.1. The smallest absolute Gasteiger partial charge is 0.265 e. The summed E-state index contributed by atoms with van der Waals surface area (Å²) in [4.78, 5) is 28.3. The number of hydrogen-bond acceptors (Lipinski definition) is 4. The second kappa shape index (κ2) is 11.3. The van der Waals surface area contributed by atoms with Crippen LogP contribution in [-0.4, -0.2) is 43.8 Å². The van der Waals surface area contributed by atoms with E-state index in [9.17, 15) is 22.4 Å². The average molecular weight is 552 g/mol. The SMILES string of the molecule is CC(C(=O)NC1CCCCC1)N(Cc1ccccc1F)C(=O)CCCN1c2cccc3cccc(c23)S1(=O)=O. The van der Waals surface area contributed by atoms with Gasteiger partial charge in [0.25, 0.3) is 10.0 Å². The number of carbonyl (C=O) groups excluding carboxylic acids is 2. The number of carbonyl (C=O) groups is 2. The molecule has 2 amide bonds. The molecule has 1 aliphatic carbocycles. The molecule has 206 valence electrons. The highest BCUT2D eigenvalue weighted by molar-refractivity contribution is 7.93. The van der Waals surface area contributed by atoms with Crippen LogP contribution in [0.1, 0.15) is 57.4 Å². The molecule has 0 aromatic heterocycles. The first-order valence-electron chi connectivity index (χ1n) is 13.6. The molecule has 9 heteroatoms. The van der Waals surface area contributed by atoms with Crippen LogP contribution in [0, 0.1) is 5.82 Å². The maximum absolute atomic E-state index is 14.5. The van der Waals surface area contributed by atoms with Gasteiger partial charge in [0, 0.05) is 36.5 Å². The topological polar surface area (TPSA) is 86.8 Å². The van der Waals surface area contributed by atoms with Crippen LogP contribution >= 0.6 is 0 Å². The summed E-state index contributed by atoms with van der Waals surface area (Å²) in [5, 5.41) is 4.62. The van der Waals surface area contributed by atoms with Crippen molar-refractivity contribution < 1.29 is 22.4 Å². The van der Waals surface area contributed by atoms with Gasteiger partial charge in [0.1, 0.15) is 11.9 Å². The molecule has 1 heterocycles. The Bertz CT molecular complexity index is 1480. The van der Waals surface area contributed by atoms with E-state index in [4.69, 9.17) is 0 Å². The minimum Gasteiger partial charge on any atom is -0.352 e. The monoisotopic (exact) mass is 551 g/mol. The third-order valence-electron chi connectivity index (χ3n) is 7.85. The van der Waals surface area contributed by atoms with Crippen molar-refractivity contribution in [3.05, 3.63) is 72.0 Å². The minimum atomic E-state index is -3.72. The fraction of sp³-hybridized carbons (Fsp3) is 0.400. The average Bonchev–Trinajstić information content (AvgIpc) is 3.16. The van der Waals surface area contributed by atoms with E-state index >= 15 is 0 Å². The predicted molar refractivity (Wildman–Crippen MR) is 149 cm³/mol. The summed E-state index contributed by atoms with van der Waals surface area (Å²) >= 11 is 0. The summed E-state index contributed by atoms with van der Waals surface area (Å²) in [7, 11) is -3.72. The Hall–Kier alpha value is -3.46. The molecule has 1 aliphatic heterocycles. The molecular formula is C30H34FN3O4S. The summed E-state index contributed by atoms with van der Waals surface area (Å²) < 4.78 is 42.4. The van der Waals surface area contributed by atoms with Crippen molar-refractivity contribution in [2.75, 3.05) is 10.8 Å². The Morgan fingerprint density at radius 3 is 2.49 bits per heavy atom. The summed E-state index contributed by atoms with van der Waals surface area (Å²) in [6, 6.07) is 16.2. The number of rotatable bonds is 9. The second-order valence-electron chi connectivity index (χ2n) is 10.4. The van der Waals surface area contributed by atoms with E-state index in [1.54, 1.807) is 43.3 Å². The van der Waals surface area contributed by atoms with Crippen molar-refractivity contribution in [1.82, 2.24) is 10.2 Å². The zero-order valence-corrected chi connectivity index (χ0v) is 22.9. The van der Waals surface area contributed by atoms with Crippen LogP contribution in [0.2, 0.25) is 0 Å². The molecule has 2 aliphatic rings. The van der Waals surface area contributed by atoms with Crippen molar-refractivity contribution in [3.63, 3.8) is 0 Å². The largest absolute Gasteiger partial charge is 0.352 e. The lowest BCUT2D eigenvalue weighted by atomic mass is 9.95. The molecule has 5 rings (SSSR count). The molecule has 39 heavy (non-hydrogen) atoms. The Kier molecular flexibility index (Phi) is 7.88. The van der Waals surface area contributed by atoms with Gasteiger partial charge in [0.05, 0.1) is 10.6 Å². The lowest BCUT2D eigenvalue weighted by molar-refractivity contribution is -0.141. The fourth-order valence-electron chi connectivity index (χ4n) is 5.68. The van der Waals surface area contributed by atoms with E-state index in [2.05, 4.69) is 5.32 Å². The highest BCUT2D eigenvalue weighted by Crippen LogP contribution is 2.42. The Balaban J connectivity index is 1.30. The number of amides is 2. The van der Waals surface area contributed by atoms with E-state index in [1.807, 2.05) is 18.2 Å². The van der Waals surface area contributed by atoms with Crippen molar-refractivity contribution in [3.8, 4) is 0 Å². The van der Waals surface area contributed by atoms with Crippen LogP contribution < -0.4 is 9.62 Å². The molecule has 1 N–H and O–H groups in total. The lowest BCUT2D eigenvalue weighted by Gasteiger charge is -2.31. The summed E-state index contributed by atoms with van der Waals surface area (Å²) in [5.74, 6) is -1.02. The Morgan fingerprint density at radius 2 is 1.74 bits per heavy atom. The molecule has 1 atom stereocenters. The maximum Gasteiger partial charge on any atom is 0.265 e. The van der Waals surface area contributed by atoms with Gasteiger partial charge in [-0.2, -0.15) is 0 Å². The second-order valence-corrected chi connectivity index (χ2v) is 12.3. The van der Waals surface area contributed by atoms with Gasteiger partial charge in [-0.1, -0.05) is 61.7 Å². The number of hydrogen-bond donors (Lipinski definition) is 1. The van der Waals surface area contributed by atoms with Gasteiger partial charge in [-0.25, -0.2) is 12.8 Å². The van der Waals surface area contributed by atoms with Crippen LogP contribution in [0.4, 0.5) is 10.1 Å². The first kappa shape index (κ1) is 27.1. The quantitative estimate of drug-likeness (QED) is 0.399. The van der Waals surface area contributed by atoms with Gasteiger partial charge in [0.2, 0.25) is 11.8 Å². The van der Waals surface area contributed by atoms with Gasteiger partial charge < -0.3 is 10.2 Å². The Labute approximate surface area is 229 Å². The molecule has 0 bridgehead atoms. The minimum absolute atomic E-state index is 0.0217. The van der Waals surface area contributed by atoms with Gasteiger partial charge in [-0.15, -0.1) is 0 Å². The van der Waals surface area contributed by atoms with Crippen molar-refractivity contribution in [2.24, 2.45) is 0 Å². The van der Waals surface area contributed by atoms with Crippen LogP contribution in [0.25, 0.3) is 10.8 Å². The molecule has 1 saturated carbocycles. The molecule has 0 saturated heterocycles. The van der Waals surface area contributed by atoms with Gasteiger partial charge in [0.15, 0.2) is 0 Å². The Morgan fingerprint density at radius 1 is 1.03 bits per heavy atom. The predicted octanol–water partition coefficient (Wildman–Crippen LogP) is 5.13. The number of sulfonamides is 1. The molecule has 0 radical (unpaired) electrons. The van der Waals surface area contributed by atoms with Crippen molar-refractivity contribution in [1.29, 1.82) is 0 Å². The number of benzene rings is 3. The molecule has 3 aromatic rings. The summed E-state index contributed by atoms with van der Waals surface area (Å²) in [6.07, 6.45) is 5.40. The van der Waals surface area contributed by atoms with E-state index in [1.165, 1.54) is 15.3 Å². The van der Waals surface area contributed by atoms with E-state index in [-0.39, 0.29) is 48.7 Å². The fourth-order valence-corrected chi connectivity index (χ4v) is 7.43. The number of halogens is 1. The maximum atomic E-state index is 14.5. The first-order chi connectivity index (χ1) is 18.8. The molecule has 1 fully saturated rings. The van der Waals surface area contributed by atoms with Crippen LogP contribution in [0.3, 0.4) is 0 Å². The summed E-state index contributed by atoms with van der Waals surface area (Å²) in [6.45, 7) is 1.74. The van der Waals surface area contributed by atoms with E-state index in [0.29, 0.717) is 16.6 Å². The van der Waals surface area contributed by atoms with E-state index in [0.717, 1.165) is 37.5 Å². The van der Waals surface area contributed by atoms with Gasteiger partial charge in [-0.05, 0) is 49.8 Å². The normalized spacial score (nSPS) is 17.2. The van der Waals surface area contributed by atoms with Crippen LogP contribution in [0.5, 0.6) is 0 Å². The zero-order valence-electron chi connectivity index (χ0n) is 22.1. The third-order valence-corrected chi connectivity index (χ3v) is 9.71. The molecular weight excluding hydrogens is 517 g/mol. The van der Waals surface area contributed by atoms with Crippen molar-refractivity contribution >= 4 is 38.3 Å². The van der Waals surface area contributed by atoms with Crippen LogP contribution in [-0.2, 0) is 26.2 Å². The molecule has 3 aromatic carbocycles. The highest BCUT2D eigenvalue weighted by Gasteiger charge is 2.35. The number of anilines is 1. The molecule has 1 unspecified atom stereocenters. The number of nitrogens with zero attached hydrogens (tertiary/aromatic N) is 2. The van der Waals surface area contributed by atoms with Gasteiger partial charge in [-0.3, -0.25) is 13.9 Å². The standard InChI is InChI=1S/C30H34FN3O4S/c1-21(30(36)32-24-13-3-2-4-14-24)33(20-23-10-5-6-15-25(23)31)28(35)18-9-19-34-26-16-7-11-22-12-8-17-27(29(22)26)39(34,37)38/h5-8,10-12,15-17,21,24H,2-4,9,13-14,18-20H2,1H3,(H,32,36). The van der Waals surface area contributed by atoms with Crippen molar-refractivity contribution in [2.45, 2.75) is 75.4 Å². The molecule has 0 spiro atoms. The van der Waals surface area contributed by atoms with Crippen LogP contribution in [0.15, 0.2) is 65.6 Å². The molecule has 7 nitrogen and oxygen atoms in total. The van der Waals surface area contributed by atoms with Gasteiger partial charge >= 0.3 is 0 Å². The lowest BCUT2D eigenvalue weighted by Crippen LogP contribution is -2.50.